The molecule has 25 heavy (non-hydrogen) atoms. The van der Waals surface area contributed by atoms with E-state index in [0.717, 1.165) is 38.0 Å². The van der Waals surface area contributed by atoms with Crippen molar-refractivity contribution in [3.8, 4) is 0 Å². The summed E-state index contributed by atoms with van der Waals surface area (Å²) in [6, 6.07) is 0. The van der Waals surface area contributed by atoms with Crippen LogP contribution in [0.15, 0.2) is 21.9 Å². The first kappa shape index (κ1) is 16.2. The molecule has 0 aromatic heterocycles. The summed E-state index contributed by atoms with van der Waals surface area (Å²) in [5, 5.41) is 17.9. The van der Waals surface area contributed by atoms with Crippen LogP contribution in [0, 0.1) is 34.5 Å². The third-order valence-electron chi connectivity index (χ3n) is 8.91. The minimum Gasteiger partial charge on any atom is -0.393 e. The number of carbonyl (C=O) groups excluding carboxylic acids is 1. The summed E-state index contributed by atoms with van der Waals surface area (Å²) in [6.07, 6.45) is 10.8. The summed E-state index contributed by atoms with van der Waals surface area (Å²) < 4.78 is 0. The van der Waals surface area contributed by atoms with Crippen LogP contribution >= 0.6 is 0 Å². The zero-order chi connectivity index (χ0) is 17.4. The summed E-state index contributed by atoms with van der Waals surface area (Å²) in [7, 11) is 0. The third-order valence-corrected chi connectivity index (χ3v) is 8.91. The molecular formula is C21H30N2O2. The van der Waals surface area contributed by atoms with Gasteiger partial charge in [-0.15, -0.1) is 0 Å². The third kappa shape index (κ3) is 2.19. The van der Waals surface area contributed by atoms with Crippen molar-refractivity contribution in [1.82, 2.24) is 0 Å². The molecule has 4 aliphatic carbocycles. The average molecular weight is 342 g/mol. The highest BCUT2D eigenvalue weighted by molar-refractivity contribution is 5.88. The number of allylic oxidation sites excluding steroid dienone is 1. The fourth-order valence-electron chi connectivity index (χ4n) is 7.44. The van der Waals surface area contributed by atoms with Crippen LogP contribution in [0.2, 0.25) is 0 Å². The Bertz CT molecular complexity index is 665. The van der Waals surface area contributed by atoms with Crippen LogP contribution in [0.25, 0.3) is 0 Å². The van der Waals surface area contributed by atoms with E-state index in [0.29, 0.717) is 17.6 Å². The molecule has 0 aromatic rings. The highest BCUT2D eigenvalue weighted by atomic mass is 16.3. The summed E-state index contributed by atoms with van der Waals surface area (Å²) in [5.74, 6) is 2.59. The first-order chi connectivity index (χ1) is 11.9. The molecule has 1 aliphatic heterocycles. The first-order valence-electron chi connectivity index (χ1n) is 10.2. The molecule has 0 unspecified atom stereocenters. The molecule has 0 spiro atoms. The van der Waals surface area contributed by atoms with E-state index in [1.807, 2.05) is 0 Å². The van der Waals surface area contributed by atoms with Crippen LogP contribution < -0.4 is 0 Å². The van der Waals surface area contributed by atoms with Gasteiger partial charge >= 0.3 is 0 Å². The predicted molar refractivity (Wildman–Crippen MR) is 94.9 cm³/mol. The lowest BCUT2D eigenvalue weighted by molar-refractivity contribution is -0.129. The molecule has 0 radical (unpaired) electrons. The zero-order valence-corrected chi connectivity index (χ0v) is 15.4. The van der Waals surface area contributed by atoms with E-state index < -0.39 is 0 Å². The number of ketones is 1. The monoisotopic (exact) mass is 342 g/mol. The Morgan fingerprint density at radius 3 is 2.68 bits per heavy atom. The van der Waals surface area contributed by atoms with Crippen LogP contribution in [0.3, 0.4) is 0 Å². The highest BCUT2D eigenvalue weighted by Gasteiger charge is 2.60. The molecule has 5 rings (SSSR count). The number of hydrogen-bond donors (Lipinski definition) is 1. The number of fused-ring (bicyclic) bond motifs is 5. The van der Waals surface area contributed by atoms with E-state index in [1.165, 1.54) is 24.8 Å². The van der Waals surface area contributed by atoms with E-state index in [1.54, 1.807) is 0 Å². The van der Waals surface area contributed by atoms with Crippen LogP contribution in [-0.4, -0.2) is 23.2 Å². The Hall–Kier alpha value is -1.03. The molecule has 0 bridgehead atoms. The molecule has 4 heteroatoms. The van der Waals surface area contributed by atoms with Gasteiger partial charge in [0, 0.05) is 5.92 Å². The molecule has 4 nitrogen and oxygen atoms in total. The van der Waals surface area contributed by atoms with Crippen LogP contribution in [0.5, 0.6) is 0 Å². The summed E-state index contributed by atoms with van der Waals surface area (Å²) in [4.78, 5) is 12.7. The number of hydrogen-bond acceptors (Lipinski definition) is 4. The van der Waals surface area contributed by atoms with Crippen LogP contribution in [-0.2, 0) is 4.79 Å². The van der Waals surface area contributed by atoms with E-state index in [2.05, 4.69) is 30.2 Å². The Balaban J connectivity index is 1.44. The number of carbonyl (C=O) groups is 1. The van der Waals surface area contributed by atoms with Gasteiger partial charge in [-0.05, 0) is 80.0 Å². The van der Waals surface area contributed by atoms with Gasteiger partial charge in [-0.2, -0.15) is 10.2 Å². The largest absolute Gasteiger partial charge is 0.393 e. The van der Waals surface area contributed by atoms with Crippen molar-refractivity contribution >= 4 is 5.78 Å². The maximum atomic E-state index is 12.7. The first-order valence-corrected chi connectivity index (χ1v) is 10.2. The molecule has 136 valence electrons. The van der Waals surface area contributed by atoms with Gasteiger partial charge in [-0.3, -0.25) is 4.79 Å². The Labute approximate surface area is 150 Å². The van der Waals surface area contributed by atoms with Gasteiger partial charge in [-0.25, -0.2) is 0 Å². The van der Waals surface area contributed by atoms with Crippen molar-refractivity contribution < 1.29 is 9.90 Å². The van der Waals surface area contributed by atoms with E-state index >= 15 is 0 Å². The van der Waals surface area contributed by atoms with Gasteiger partial charge in [0.15, 0.2) is 5.78 Å². The molecule has 0 saturated heterocycles. The smallest absolute Gasteiger partial charge is 0.238 e. The lowest BCUT2D eigenvalue weighted by atomic mass is 9.47. The molecule has 1 heterocycles. The highest BCUT2D eigenvalue weighted by Crippen LogP contribution is 2.66. The fraction of sp³-hybridized carbons (Fsp3) is 0.857. The number of rotatable bonds is 2. The zero-order valence-electron chi connectivity index (χ0n) is 15.4. The number of nitrogens with zero attached hydrogens (tertiary/aromatic N) is 2. The Morgan fingerprint density at radius 1 is 1.12 bits per heavy atom. The Kier molecular flexibility index (Phi) is 3.39. The van der Waals surface area contributed by atoms with E-state index in [4.69, 9.17) is 0 Å². The summed E-state index contributed by atoms with van der Waals surface area (Å²) in [6.45, 7) is 4.85. The SMILES string of the molecule is C[C@]12CC[C@@H]3[C@H](CC=C4C[C@H](O)CC[C@@]43C)[C@H]1CC[C@H]2C(=O)C1N=N1. The van der Waals surface area contributed by atoms with Crippen molar-refractivity contribution in [2.24, 2.45) is 44.7 Å². The maximum Gasteiger partial charge on any atom is 0.238 e. The van der Waals surface area contributed by atoms with Crippen molar-refractivity contribution in [3.05, 3.63) is 11.6 Å². The molecule has 5 aliphatic rings. The number of aliphatic hydroxyl groups is 1. The van der Waals surface area contributed by atoms with E-state index in [-0.39, 0.29) is 29.0 Å². The quantitative estimate of drug-likeness (QED) is 0.761. The van der Waals surface area contributed by atoms with Crippen molar-refractivity contribution in [2.45, 2.75) is 77.5 Å². The van der Waals surface area contributed by atoms with Gasteiger partial charge in [0.05, 0.1) is 6.10 Å². The molecule has 0 amide bonds. The van der Waals surface area contributed by atoms with Crippen molar-refractivity contribution in [3.63, 3.8) is 0 Å². The van der Waals surface area contributed by atoms with Crippen molar-refractivity contribution in [2.75, 3.05) is 0 Å². The second kappa shape index (κ2) is 5.25. The molecule has 1 N–H and O–H groups in total. The standard InChI is InChI=1S/C21H30N2O2/c1-20-9-7-13(24)11-12(20)3-4-14-15-5-6-17(18(25)19-22-23-19)21(15,2)10-8-16(14)20/h3,13-17,19,24H,4-11H2,1-2H3/t13-,14-,15-,16-,17+,20+,21+/m1/s1. The molecule has 3 fully saturated rings. The maximum absolute atomic E-state index is 12.7. The van der Waals surface area contributed by atoms with Gasteiger partial charge in [0.2, 0.25) is 6.17 Å². The second-order valence-corrected chi connectivity index (χ2v) is 9.84. The minimum atomic E-state index is -0.325. The minimum absolute atomic E-state index is 0.135. The Morgan fingerprint density at radius 2 is 1.92 bits per heavy atom. The molecular weight excluding hydrogens is 312 g/mol. The predicted octanol–water partition coefficient (Wildman–Crippen LogP) is 4.29. The van der Waals surface area contributed by atoms with E-state index in [9.17, 15) is 9.90 Å². The average Bonchev–Trinajstić information content (AvgIpc) is 3.37. The summed E-state index contributed by atoms with van der Waals surface area (Å²) in [5.41, 5.74) is 1.96. The second-order valence-electron chi connectivity index (χ2n) is 9.84. The summed E-state index contributed by atoms with van der Waals surface area (Å²) >= 11 is 0. The topological polar surface area (TPSA) is 62.0 Å². The van der Waals surface area contributed by atoms with Crippen molar-refractivity contribution in [1.29, 1.82) is 0 Å². The number of Topliss-reactive ketones (excluding diaryl/α,β-unsaturated/α-hetero) is 1. The lowest BCUT2D eigenvalue weighted by Gasteiger charge is -2.57. The molecule has 3 saturated carbocycles. The normalized spacial score (nSPS) is 51.3. The number of aliphatic hydroxyl groups excluding tert-OH is 1. The van der Waals surface area contributed by atoms with Crippen LogP contribution in [0.1, 0.15) is 65.2 Å². The molecule has 7 atom stereocenters. The fourth-order valence-corrected chi connectivity index (χ4v) is 7.44. The molecule has 0 aromatic carbocycles. The van der Waals surface area contributed by atoms with Gasteiger partial charge in [-0.1, -0.05) is 25.5 Å². The van der Waals surface area contributed by atoms with Gasteiger partial charge in [0.25, 0.3) is 0 Å². The van der Waals surface area contributed by atoms with Gasteiger partial charge in [0.1, 0.15) is 0 Å². The lowest BCUT2D eigenvalue weighted by Crippen LogP contribution is -2.51. The van der Waals surface area contributed by atoms with Crippen LogP contribution in [0.4, 0.5) is 0 Å². The van der Waals surface area contributed by atoms with Gasteiger partial charge < -0.3 is 5.11 Å².